The number of aryl methyl sites for hydroxylation is 1. The Morgan fingerprint density at radius 1 is 1.50 bits per heavy atom. The van der Waals surface area contributed by atoms with E-state index in [2.05, 4.69) is 4.74 Å². The number of carbonyl (C=O) groups is 2. The summed E-state index contributed by atoms with van der Waals surface area (Å²) in [7, 11) is -2.39. The average Bonchev–Trinajstić information content (AvgIpc) is 2.70. The molecule has 0 saturated carbocycles. The predicted molar refractivity (Wildman–Crippen MR) is 79.3 cm³/mol. The number of benzene rings is 1. The third-order valence-electron chi connectivity index (χ3n) is 3.64. The van der Waals surface area contributed by atoms with Crippen molar-refractivity contribution in [1.82, 2.24) is 4.72 Å². The van der Waals surface area contributed by atoms with Crippen LogP contribution in [0.1, 0.15) is 28.4 Å². The molecule has 1 amide bonds. The van der Waals surface area contributed by atoms with E-state index in [1.807, 2.05) is 4.72 Å². The van der Waals surface area contributed by atoms with Gasteiger partial charge in [-0.05, 0) is 30.0 Å². The number of ether oxygens (including phenoxy) is 1. The molecule has 0 radical (unpaired) electrons. The Labute approximate surface area is 128 Å². The largest absolute Gasteiger partial charge is 0.468 e. The molecule has 1 saturated heterocycles. The molecule has 1 aromatic rings. The van der Waals surface area contributed by atoms with E-state index in [-0.39, 0.29) is 6.42 Å². The number of carbonyl (C=O) groups excluding carboxylic acids is 2. The lowest BCUT2D eigenvalue weighted by Gasteiger charge is -2.14. The highest BCUT2D eigenvalue weighted by Gasteiger charge is 2.38. The summed E-state index contributed by atoms with van der Waals surface area (Å²) < 4.78 is 30.4. The van der Waals surface area contributed by atoms with Crippen molar-refractivity contribution in [3.8, 4) is 0 Å². The van der Waals surface area contributed by atoms with Gasteiger partial charge in [-0.2, -0.15) is 0 Å². The molecule has 0 spiro atoms. The first-order chi connectivity index (χ1) is 10.2. The second kappa shape index (κ2) is 6.05. The first-order valence-corrected chi connectivity index (χ1v) is 8.26. The van der Waals surface area contributed by atoms with Crippen LogP contribution in [0.25, 0.3) is 0 Å². The van der Waals surface area contributed by atoms with Crippen molar-refractivity contribution in [2.24, 2.45) is 5.73 Å². The van der Waals surface area contributed by atoms with Crippen LogP contribution in [0.15, 0.2) is 18.2 Å². The molecule has 0 bridgehead atoms. The fraction of sp³-hybridized carbons (Fsp3) is 0.429. The molecule has 1 aromatic carbocycles. The fourth-order valence-electron chi connectivity index (χ4n) is 2.54. The lowest BCUT2D eigenvalue weighted by atomic mass is 9.97. The summed E-state index contributed by atoms with van der Waals surface area (Å²) in [5.41, 5.74) is 7.82. The highest BCUT2D eigenvalue weighted by Crippen LogP contribution is 2.32. The van der Waals surface area contributed by atoms with E-state index in [1.54, 1.807) is 25.1 Å². The minimum atomic E-state index is -3.66. The lowest BCUT2D eigenvalue weighted by molar-refractivity contribution is -0.142. The third kappa shape index (κ3) is 3.28. The van der Waals surface area contributed by atoms with Gasteiger partial charge in [-0.25, -0.2) is 8.42 Å². The maximum Gasteiger partial charge on any atom is 0.322 e. The molecule has 2 rings (SSSR count). The summed E-state index contributed by atoms with van der Waals surface area (Å²) in [5.74, 6) is -1.00. The van der Waals surface area contributed by atoms with Crippen LogP contribution in [0.2, 0.25) is 0 Å². The molecule has 0 aromatic heterocycles. The summed E-state index contributed by atoms with van der Waals surface area (Å²) in [6, 6.07) is 4.38. The van der Waals surface area contributed by atoms with Gasteiger partial charge < -0.3 is 10.5 Å². The van der Waals surface area contributed by atoms with E-state index >= 15 is 0 Å². The lowest BCUT2D eigenvalue weighted by Crippen LogP contribution is -2.33. The quantitative estimate of drug-likeness (QED) is 0.748. The Hall–Kier alpha value is -1.93. The Bertz CT molecular complexity index is 714. The second-order valence-corrected chi connectivity index (χ2v) is 7.15. The van der Waals surface area contributed by atoms with Gasteiger partial charge in [-0.1, -0.05) is 18.2 Å². The van der Waals surface area contributed by atoms with E-state index in [1.165, 1.54) is 7.11 Å². The highest BCUT2D eigenvalue weighted by molar-refractivity contribution is 7.90. The first-order valence-electron chi connectivity index (χ1n) is 6.72. The zero-order valence-electron chi connectivity index (χ0n) is 12.3. The van der Waals surface area contributed by atoms with Gasteiger partial charge in [-0.15, -0.1) is 0 Å². The van der Waals surface area contributed by atoms with Gasteiger partial charge >= 0.3 is 5.97 Å². The molecule has 1 aliphatic heterocycles. The minimum Gasteiger partial charge on any atom is -0.468 e. The van der Waals surface area contributed by atoms with Crippen LogP contribution in [-0.2, 0) is 30.8 Å². The van der Waals surface area contributed by atoms with Crippen LogP contribution in [0.3, 0.4) is 0 Å². The molecule has 0 aliphatic carbocycles. The maximum absolute atomic E-state index is 11.9. The third-order valence-corrected chi connectivity index (χ3v) is 5.32. The molecule has 3 N–H and O–H groups in total. The number of sulfonamides is 1. The summed E-state index contributed by atoms with van der Waals surface area (Å²) in [4.78, 5) is 22.6. The summed E-state index contributed by atoms with van der Waals surface area (Å²) in [6.07, 6.45) is 0.215. The zero-order chi connectivity index (χ0) is 16.5. The van der Waals surface area contributed by atoms with Crippen LogP contribution < -0.4 is 10.5 Å². The number of rotatable bonds is 4. The molecular formula is C14H18N2O5S. The first kappa shape index (κ1) is 16.4. The van der Waals surface area contributed by atoms with E-state index < -0.39 is 33.2 Å². The van der Waals surface area contributed by atoms with Crippen LogP contribution in [0, 0.1) is 6.92 Å². The molecule has 22 heavy (non-hydrogen) atoms. The van der Waals surface area contributed by atoms with Gasteiger partial charge in [0.05, 0.1) is 13.5 Å². The van der Waals surface area contributed by atoms with Gasteiger partial charge in [0.25, 0.3) is 0 Å². The summed E-state index contributed by atoms with van der Waals surface area (Å²) in [6.45, 7) is 1.76. The van der Waals surface area contributed by atoms with E-state index in [9.17, 15) is 18.0 Å². The molecule has 120 valence electrons. The van der Waals surface area contributed by atoms with E-state index in [0.717, 1.165) is 11.1 Å². The monoisotopic (exact) mass is 326 g/mol. The van der Waals surface area contributed by atoms with Crippen molar-refractivity contribution in [3.63, 3.8) is 0 Å². The topological polar surface area (TPSA) is 116 Å². The van der Waals surface area contributed by atoms with Gasteiger partial charge in [0.2, 0.25) is 15.9 Å². The van der Waals surface area contributed by atoms with Crippen molar-refractivity contribution in [1.29, 1.82) is 0 Å². The van der Waals surface area contributed by atoms with Gasteiger partial charge in [0.15, 0.2) is 0 Å². The smallest absolute Gasteiger partial charge is 0.322 e. The van der Waals surface area contributed by atoms with Crippen molar-refractivity contribution < 1.29 is 22.7 Å². The Kier molecular flexibility index (Phi) is 4.52. The average molecular weight is 326 g/mol. The van der Waals surface area contributed by atoms with Crippen molar-refractivity contribution in [2.45, 2.75) is 31.1 Å². The molecule has 1 heterocycles. The second-order valence-electron chi connectivity index (χ2n) is 5.29. The van der Waals surface area contributed by atoms with Crippen molar-refractivity contribution in [2.75, 3.05) is 7.11 Å². The zero-order valence-corrected chi connectivity index (χ0v) is 13.1. The molecule has 1 aliphatic rings. The normalized spacial score (nSPS) is 21.2. The van der Waals surface area contributed by atoms with Gasteiger partial charge in [0, 0.05) is 0 Å². The predicted octanol–water partition coefficient (Wildman–Crippen LogP) is -0.0714. The molecule has 1 unspecified atom stereocenters. The minimum absolute atomic E-state index is 0.0792. The molecule has 7 nitrogen and oxygen atoms in total. The van der Waals surface area contributed by atoms with Crippen LogP contribution in [0.5, 0.6) is 0 Å². The standard InChI is InChI=1S/C14H18N2O5S/c1-8-5-9(6-11(15)14(18)21-2)3-4-10(8)12-7-13(17)16-22(12,19)20/h3-5,11-12H,6-7,15H2,1-2H3,(H,16,17)/t11-,12?/m0/s1. The van der Waals surface area contributed by atoms with E-state index in [4.69, 9.17) is 5.73 Å². The molecular weight excluding hydrogens is 308 g/mol. The van der Waals surface area contributed by atoms with Crippen LogP contribution in [0.4, 0.5) is 0 Å². The van der Waals surface area contributed by atoms with Gasteiger partial charge in [-0.3, -0.25) is 14.3 Å². The molecule has 1 fully saturated rings. The van der Waals surface area contributed by atoms with Crippen LogP contribution >= 0.6 is 0 Å². The Balaban J connectivity index is 2.24. The number of amides is 1. The van der Waals surface area contributed by atoms with E-state index in [0.29, 0.717) is 12.0 Å². The number of hydrogen-bond donors (Lipinski definition) is 2. The fourth-order valence-corrected chi connectivity index (χ4v) is 4.05. The highest BCUT2D eigenvalue weighted by atomic mass is 32.2. The number of hydrogen-bond acceptors (Lipinski definition) is 6. The number of esters is 1. The SMILES string of the molecule is COC(=O)[C@@H](N)Cc1ccc(C2CC(=O)NS2(=O)=O)c(C)c1. The number of nitrogens with two attached hydrogens (primary N) is 1. The summed E-state index contributed by atoms with van der Waals surface area (Å²) >= 11 is 0. The van der Waals surface area contributed by atoms with Gasteiger partial charge in [0.1, 0.15) is 11.3 Å². The number of nitrogens with one attached hydrogen (secondary N) is 1. The maximum atomic E-state index is 11.9. The molecule has 8 heteroatoms. The number of methoxy groups -OCH3 is 1. The van der Waals surface area contributed by atoms with Crippen LogP contribution in [-0.4, -0.2) is 33.4 Å². The Morgan fingerprint density at radius 2 is 2.18 bits per heavy atom. The van der Waals surface area contributed by atoms with Crippen molar-refractivity contribution in [3.05, 3.63) is 34.9 Å². The molecule has 2 atom stereocenters. The Morgan fingerprint density at radius 3 is 2.68 bits per heavy atom. The summed E-state index contributed by atoms with van der Waals surface area (Å²) in [5, 5.41) is -0.872. The van der Waals surface area contributed by atoms with Crippen molar-refractivity contribution >= 4 is 21.9 Å².